The van der Waals surface area contributed by atoms with Crippen molar-refractivity contribution in [1.29, 1.82) is 0 Å². The number of hydrogen-bond donors (Lipinski definition) is 2. The molecular formula is C27H45N3O6. The number of amides is 2. The summed E-state index contributed by atoms with van der Waals surface area (Å²) in [6, 6.07) is -0.504. The average Bonchev–Trinajstić information content (AvgIpc) is 2.90. The molecule has 2 N–H and O–H groups in total. The van der Waals surface area contributed by atoms with Crippen LogP contribution in [0, 0.1) is 10.8 Å². The van der Waals surface area contributed by atoms with E-state index in [0.717, 1.165) is 71.1 Å². The van der Waals surface area contributed by atoms with E-state index in [9.17, 15) is 14.7 Å². The Morgan fingerprint density at radius 1 is 1.14 bits per heavy atom. The SMILES string of the molecule is C=CCOC(=O)N1CCC2(CC1)CCN(C(O)[C@@H](NC(C)=O)[C@@H](C)OCC13CCC(CC1)OC3)CC2. The first-order chi connectivity index (χ1) is 17.2. The topological polar surface area (TPSA) is 101 Å². The van der Waals surface area contributed by atoms with Gasteiger partial charge in [-0.1, -0.05) is 12.7 Å². The Morgan fingerprint density at radius 2 is 1.78 bits per heavy atom. The lowest BCUT2D eigenvalue weighted by atomic mass is 9.71. The van der Waals surface area contributed by atoms with Crippen LogP contribution in [0.25, 0.3) is 0 Å². The highest BCUT2D eigenvalue weighted by Gasteiger charge is 2.44. The maximum atomic E-state index is 12.2. The van der Waals surface area contributed by atoms with Crippen molar-refractivity contribution in [2.24, 2.45) is 10.8 Å². The molecule has 4 saturated heterocycles. The highest BCUT2D eigenvalue weighted by molar-refractivity contribution is 5.73. The Hall–Kier alpha value is -1.68. The number of ether oxygens (including phenoxy) is 3. The van der Waals surface area contributed by atoms with Gasteiger partial charge in [-0.2, -0.15) is 0 Å². The average molecular weight is 508 g/mol. The number of likely N-dealkylation sites (tertiary alicyclic amines) is 2. The van der Waals surface area contributed by atoms with Gasteiger partial charge in [0, 0.05) is 38.5 Å². The summed E-state index contributed by atoms with van der Waals surface area (Å²) in [7, 11) is 0. The molecule has 1 spiro atoms. The minimum atomic E-state index is -0.814. The minimum Gasteiger partial charge on any atom is -0.445 e. The zero-order valence-corrected chi connectivity index (χ0v) is 22.1. The highest BCUT2D eigenvalue weighted by atomic mass is 16.6. The summed E-state index contributed by atoms with van der Waals surface area (Å²) in [5, 5.41) is 14.3. The van der Waals surface area contributed by atoms with Crippen molar-refractivity contribution in [1.82, 2.24) is 15.1 Å². The standard InChI is InChI=1S/C27H45N3O6/c1-4-17-34-25(33)30-15-11-26(12-16-30)9-13-29(14-10-26)24(32)23(28-21(3)31)20(2)35-18-27-7-5-22(6-8-27)36-19-27/h4,20,22-24,32H,1,5-19H2,2-3H3,(H,28,31)/t20-,22?,23+,24?,27?/m1/s1. The first-order valence-corrected chi connectivity index (χ1v) is 13.7. The van der Waals surface area contributed by atoms with Crippen molar-refractivity contribution in [2.45, 2.75) is 89.7 Å². The lowest BCUT2D eigenvalue weighted by molar-refractivity contribution is -0.161. The van der Waals surface area contributed by atoms with Crippen LogP contribution in [0.3, 0.4) is 0 Å². The van der Waals surface area contributed by atoms with Gasteiger partial charge in [0.05, 0.1) is 31.5 Å². The zero-order chi connectivity index (χ0) is 25.8. The molecule has 0 aromatic rings. The molecule has 5 fully saturated rings. The fraction of sp³-hybridized carbons (Fsp3) is 0.852. The van der Waals surface area contributed by atoms with Gasteiger partial charge in [-0.05, 0) is 63.7 Å². The molecule has 36 heavy (non-hydrogen) atoms. The maximum absolute atomic E-state index is 12.2. The summed E-state index contributed by atoms with van der Waals surface area (Å²) in [6.45, 7) is 11.5. The fourth-order valence-electron chi connectivity index (χ4n) is 6.45. The number of hydrogen-bond acceptors (Lipinski definition) is 7. The van der Waals surface area contributed by atoms with Crippen LogP contribution in [-0.2, 0) is 19.0 Å². The molecule has 1 unspecified atom stereocenters. The van der Waals surface area contributed by atoms with E-state index in [1.165, 1.54) is 6.92 Å². The summed E-state index contributed by atoms with van der Waals surface area (Å²) in [4.78, 5) is 28.0. The molecule has 9 heteroatoms. The molecule has 3 atom stereocenters. The molecule has 9 nitrogen and oxygen atoms in total. The molecule has 2 amide bonds. The van der Waals surface area contributed by atoms with Gasteiger partial charge < -0.3 is 29.5 Å². The third-order valence-electron chi connectivity index (χ3n) is 9.11. The fourth-order valence-corrected chi connectivity index (χ4v) is 6.45. The van der Waals surface area contributed by atoms with E-state index in [1.807, 2.05) is 6.92 Å². The molecule has 4 aliphatic heterocycles. The summed E-state index contributed by atoms with van der Waals surface area (Å²) in [5.74, 6) is -0.168. The van der Waals surface area contributed by atoms with E-state index in [-0.39, 0.29) is 35.5 Å². The Balaban J connectivity index is 1.28. The number of aliphatic hydroxyl groups excluding tert-OH is 1. The number of aliphatic hydroxyl groups is 1. The Kier molecular flexibility index (Phi) is 8.96. The third-order valence-corrected chi connectivity index (χ3v) is 9.11. The van der Waals surface area contributed by atoms with Gasteiger partial charge in [-0.15, -0.1) is 0 Å². The molecule has 0 radical (unpaired) electrons. The van der Waals surface area contributed by atoms with Crippen LogP contribution >= 0.6 is 0 Å². The summed E-state index contributed by atoms with van der Waals surface area (Å²) in [6.07, 6.45) is 8.84. The van der Waals surface area contributed by atoms with Gasteiger partial charge >= 0.3 is 6.09 Å². The van der Waals surface area contributed by atoms with Gasteiger partial charge in [-0.25, -0.2) is 4.79 Å². The predicted octanol–water partition coefficient (Wildman–Crippen LogP) is 2.67. The third kappa shape index (κ3) is 6.41. The number of rotatable bonds is 9. The van der Waals surface area contributed by atoms with Crippen LogP contribution in [-0.4, -0.2) is 97.4 Å². The van der Waals surface area contributed by atoms with Gasteiger partial charge in [0.1, 0.15) is 12.8 Å². The van der Waals surface area contributed by atoms with Crippen molar-refractivity contribution < 1.29 is 28.9 Å². The lowest BCUT2D eigenvalue weighted by Gasteiger charge is -2.49. The van der Waals surface area contributed by atoms with Crippen LogP contribution < -0.4 is 5.32 Å². The Labute approximate surface area is 215 Å². The molecule has 5 rings (SSSR count). The molecule has 1 saturated carbocycles. The van der Waals surface area contributed by atoms with Gasteiger partial charge in [0.25, 0.3) is 0 Å². The molecule has 0 aromatic carbocycles. The van der Waals surface area contributed by atoms with E-state index in [0.29, 0.717) is 25.8 Å². The first-order valence-electron chi connectivity index (χ1n) is 13.7. The number of nitrogens with zero attached hydrogens (tertiary/aromatic N) is 2. The summed E-state index contributed by atoms with van der Waals surface area (Å²) in [5.41, 5.74) is 0.259. The van der Waals surface area contributed by atoms with E-state index in [4.69, 9.17) is 14.2 Å². The van der Waals surface area contributed by atoms with Gasteiger partial charge in [-0.3, -0.25) is 9.69 Å². The lowest BCUT2D eigenvalue weighted by Crippen LogP contribution is -2.59. The van der Waals surface area contributed by atoms with Crippen LogP contribution in [0.15, 0.2) is 12.7 Å². The quantitative estimate of drug-likeness (QED) is 0.463. The minimum absolute atomic E-state index is 0.0687. The summed E-state index contributed by atoms with van der Waals surface area (Å²) < 4.78 is 17.4. The largest absolute Gasteiger partial charge is 0.445 e. The second-order valence-corrected chi connectivity index (χ2v) is 11.6. The van der Waals surface area contributed by atoms with Gasteiger partial charge in [0.2, 0.25) is 5.91 Å². The smallest absolute Gasteiger partial charge is 0.410 e. The van der Waals surface area contributed by atoms with Crippen LogP contribution in [0.1, 0.15) is 65.2 Å². The highest BCUT2D eigenvalue weighted by Crippen LogP contribution is 2.44. The second kappa shape index (κ2) is 11.8. The Bertz CT molecular complexity index is 752. The van der Waals surface area contributed by atoms with Gasteiger partial charge in [0.15, 0.2) is 0 Å². The zero-order valence-electron chi connectivity index (χ0n) is 22.1. The number of piperidine rings is 2. The monoisotopic (exact) mass is 507 g/mol. The second-order valence-electron chi connectivity index (χ2n) is 11.6. The van der Waals surface area contributed by atoms with E-state index < -0.39 is 12.3 Å². The molecule has 2 bridgehead atoms. The van der Waals surface area contributed by atoms with Crippen molar-refractivity contribution in [3.05, 3.63) is 12.7 Å². The summed E-state index contributed by atoms with van der Waals surface area (Å²) >= 11 is 0. The number of fused-ring (bicyclic) bond motifs is 3. The molecule has 204 valence electrons. The van der Waals surface area contributed by atoms with Crippen molar-refractivity contribution >= 4 is 12.0 Å². The van der Waals surface area contributed by atoms with Crippen molar-refractivity contribution in [3.8, 4) is 0 Å². The molecule has 4 heterocycles. The molecular weight excluding hydrogens is 462 g/mol. The predicted molar refractivity (Wildman–Crippen MR) is 135 cm³/mol. The number of carbonyl (C=O) groups is 2. The van der Waals surface area contributed by atoms with Crippen molar-refractivity contribution in [2.75, 3.05) is 46.0 Å². The van der Waals surface area contributed by atoms with Crippen LogP contribution in [0.5, 0.6) is 0 Å². The Morgan fingerprint density at radius 3 is 2.33 bits per heavy atom. The number of carbonyl (C=O) groups excluding carboxylic acids is 2. The normalized spacial score (nSPS) is 30.4. The van der Waals surface area contributed by atoms with Crippen molar-refractivity contribution in [3.63, 3.8) is 0 Å². The van der Waals surface area contributed by atoms with E-state index in [1.54, 1.807) is 11.0 Å². The van der Waals surface area contributed by atoms with E-state index in [2.05, 4.69) is 16.8 Å². The van der Waals surface area contributed by atoms with Crippen LogP contribution in [0.2, 0.25) is 0 Å². The van der Waals surface area contributed by atoms with Crippen LogP contribution in [0.4, 0.5) is 4.79 Å². The first kappa shape index (κ1) is 27.4. The van der Waals surface area contributed by atoms with E-state index >= 15 is 0 Å². The molecule has 1 aliphatic carbocycles. The molecule has 5 aliphatic rings. The molecule has 0 aromatic heterocycles. The maximum Gasteiger partial charge on any atom is 0.410 e. The number of nitrogens with one attached hydrogen (secondary N) is 1.